The lowest BCUT2D eigenvalue weighted by Gasteiger charge is -2.46. The summed E-state index contributed by atoms with van der Waals surface area (Å²) in [5, 5.41) is 3.49. The van der Waals surface area contributed by atoms with E-state index in [1.165, 1.54) is 6.07 Å². The molecular formula is C14H19BrF2N2. The predicted octanol–water partition coefficient (Wildman–Crippen LogP) is 3.69. The number of nitrogens with zero attached hydrogens (tertiary/aromatic N) is 1. The van der Waals surface area contributed by atoms with Crippen molar-refractivity contribution in [1.82, 2.24) is 5.32 Å². The van der Waals surface area contributed by atoms with Gasteiger partial charge in [0.15, 0.2) is 5.82 Å². The summed E-state index contributed by atoms with van der Waals surface area (Å²) in [5.41, 5.74) is 0.405. The summed E-state index contributed by atoms with van der Waals surface area (Å²) < 4.78 is 27.8. The normalized spacial score (nSPS) is 27.7. The van der Waals surface area contributed by atoms with Crippen LogP contribution in [0.25, 0.3) is 0 Å². The fraction of sp³-hybridized carbons (Fsp3) is 0.571. The van der Waals surface area contributed by atoms with E-state index in [0.29, 0.717) is 16.7 Å². The van der Waals surface area contributed by atoms with Crippen molar-refractivity contribution in [2.45, 2.75) is 38.8 Å². The smallest absolute Gasteiger partial charge is 0.150 e. The van der Waals surface area contributed by atoms with Crippen LogP contribution in [0, 0.1) is 11.6 Å². The summed E-state index contributed by atoms with van der Waals surface area (Å²) in [5.74, 6) is -1.08. The molecule has 1 saturated heterocycles. The van der Waals surface area contributed by atoms with Crippen molar-refractivity contribution in [3.8, 4) is 0 Å². The minimum absolute atomic E-state index is 0.0488. The highest BCUT2D eigenvalue weighted by atomic mass is 79.9. The molecule has 19 heavy (non-hydrogen) atoms. The van der Waals surface area contributed by atoms with E-state index in [1.54, 1.807) is 0 Å². The molecular weight excluding hydrogens is 314 g/mol. The number of rotatable bonds is 2. The standard InChI is InChI=1S/C14H19BrF2N2/c1-4-14(3)8-19(9(2)7-18-14)13-11(15)5-10(16)6-12(13)17/h5-6,9,18H,4,7-8H2,1-3H3. The van der Waals surface area contributed by atoms with Gasteiger partial charge in [-0.2, -0.15) is 0 Å². The molecule has 0 spiro atoms. The summed E-state index contributed by atoms with van der Waals surface area (Å²) in [6, 6.07) is 2.42. The third-order valence-corrected chi connectivity index (χ3v) is 4.53. The Labute approximate surface area is 121 Å². The van der Waals surface area contributed by atoms with E-state index in [1.807, 2.05) is 11.8 Å². The van der Waals surface area contributed by atoms with Gasteiger partial charge < -0.3 is 10.2 Å². The van der Waals surface area contributed by atoms with Gasteiger partial charge in [-0.3, -0.25) is 0 Å². The van der Waals surface area contributed by atoms with Crippen molar-refractivity contribution < 1.29 is 8.78 Å². The second kappa shape index (κ2) is 5.37. The molecule has 106 valence electrons. The van der Waals surface area contributed by atoms with Crippen LogP contribution in [0.5, 0.6) is 0 Å². The Balaban J connectivity index is 2.39. The van der Waals surface area contributed by atoms with Crippen molar-refractivity contribution in [2.24, 2.45) is 0 Å². The Kier molecular flexibility index (Phi) is 4.16. The number of anilines is 1. The molecule has 1 aromatic carbocycles. The molecule has 0 bridgehead atoms. The second-order valence-electron chi connectivity index (χ2n) is 5.49. The molecule has 2 nitrogen and oxygen atoms in total. The van der Waals surface area contributed by atoms with Gasteiger partial charge in [-0.15, -0.1) is 0 Å². The molecule has 1 aromatic rings. The number of piperazine rings is 1. The Morgan fingerprint density at radius 2 is 2.16 bits per heavy atom. The first-order chi connectivity index (χ1) is 8.86. The molecule has 0 radical (unpaired) electrons. The van der Waals surface area contributed by atoms with Crippen LogP contribution in [0.1, 0.15) is 27.2 Å². The molecule has 2 rings (SSSR count). The van der Waals surface area contributed by atoms with Crippen LogP contribution in [-0.2, 0) is 0 Å². The van der Waals surface area contributed by atoms with E-state index in [-0.39, 0.29) is 11.6 Å². The summed E-state index contributed by atoms with van der Waals surface area (Å²) in [7, 11) is 0. The fourth-order valence-corrected chi connectivity index (χ4v) is 3.07. The molecule has 2 unspecified atom stereocenters. The highest BCUT2D eigenvalue weighted by Crippen LogP contribution is 2.34. The van der Waals surface area contributed by atoms with E-state index in [2.05, 4.69) is 35.1 Å². The lowest BCUT2D eigenvalue weighted by molar-refractivity contribution is 0.284. The lowest BCUT2D eigenvalue weighted by Crippen LogP contribution is -2.62. The summed E-state index contributed by atoms with van der Waals surface area (Å²) >= 11 is 3.28. The summed E-state index contributed by atoms with van der Waals surface area (Å²) in [4.78, 5) is 2.01. The molecule has 0 saturated carbocycles. The van der Waals surface area contributed by atoms with Gasteiger partial charge >= 0.3 is 0 Å². The number of nitrogens with one attached hydrogen (secondary N) is 1. The Morgan fingerprint density at radius 3 is 2.74 bits per heavy atom. The van der Waals surface area contributed by atoms with Crippen LogP contribution >= 0.6 is 15.9 Å². The number of benzene rings is 1. The number of halogens is 3. The van der Waals surface area contributed by atoms with Crippen molar-refractivity contribution in [2.75, 3.05) is 18.0 Å². The average Bonchev–Trinajstić information content (AvgIpc) is 2.32. The van der Waals surface area contributed by atoms with Gasteiger partial charge in [0.1, 0.15) is 5.82 Å². The van der Waals surface area contributed by atoms with Gasteiger partial charge in [-0.1, -0.05) is 6.92 Å². The minimum Gasteiger partial charge on any atom is -0.362 e. The highest BCUT2D eigenvalue weighted by Gasteiger charge is 2.34. The predicted molar refractivity (Wildman–Crippen MR) is 77.6 cm³/mol. The molecule has 0 aliphatic carbocycles. The summed E-state index contributed by atoms with van der Waals surface area (Å²) in [6.07, 6.45) is 0.955. The topological polar surface area (TPSA) is 15.3 Å². The first kappa shape index (κ1) is 14.7. The van der Waals surface area contributed by atoms with Gasteiger partial charge in [-0.05, 0) is 42.3 Å². The van der Waals surface area contributed by atoms with Crippen LogP contribution in [0.4, 0.5) is 14.5 Å². The van der Waals surface area contributed by atoms with Crippen LogP contribution in [0.2, 0.25) is 0 Å². The summed E-state index contributed by atoms with van der Waals surface area (Å²) in [6.45, 7) is 7.76. The zero-order chi connectivity index (χ0) is 14.2. The molecule has 2 atom stereocenters. The van der Waals surface area contributed by atoms with Gasteiger partial charge in [0.25, 0.3) is 0 Å². The maximum absolute atomic E-state index is 14.1. The highest BCUT2D eigenvalue weighted by molar-refractivity contribution is 9.10. The maximum Gasteiger partial charge on any atom is 0.150 e. The minimum atomic E-state index is -0.561. The quantitative estimate of drug-likeness (QED) is 0.888. The van der Waals surface area contributed by atoms with Crippen molar-refractivity contribution in [3.05, 3.63) is 28.2 Å². The van der Waals surface area contributed by atoms with Crippen LogP contribution < -0.4 is 10.2 Å². The van der Waals surface area contributed by atoms with Crippen molar-refractivity contribution >= 4 is 21.6 Å². The Hall–Kier alpha value is -0.680. The largest absolute Gasteiger partial charge is 0.362 e. The van der Waals surface area contributed by atoms with Crippen LogP contribution in [-0.4, -0.2) is 24.7 Å². The molecule has 1 N–H and O–H groups in total. The first-order valence-electron chi connectivity index (χ1n) is 6.52. The van der Waals surface area contributed by atoms with E-state index in [9.17, 15) is 8.78 Å². The maximum atomic E-state index is 14.1. The average molecular weight is 333 g/mol. The molecule has 1 aliphatic heterocycles. The van der Waals surface area contributed by atoms with Gasteiger partial charge in [-0.25, -0.2) is 8.78 Å². The SMILES string of the molecule is CCC1(C)CN(c2c(F)cc(F)cc2Br)C(C)CN1. The van der Waals surface area contributed by atoms with E-state index in [4.69, 9.17) is 0 Å². The zero-order valence-corrected chi connectivity index (χ0v) is 13.0. The molecule has 5 heteroatoms. The van der Waals surface area contributed by atoms with Gasteiger partial charge in [0.05, 0.1) is 5.69 Å². The van der Waals surface area contributed by atoms with E-state index >= 15 is 0 Å². The van der Waals surface area contributed by atoms with E-state index < -0.39 is 11.6 Å². The molecule has 1 aliphatic rings. The third-order valence-electron chi connectivity index (χ3n) is 3.92. The Morgan fingerprint density at radius 1 is 1.47 bits per heavy atom. The number of hydrogen-bond donors (Lipinski definition) is 1. The first-order valence-corrected chi connectivity index (χ1v) is 7.32. The zero-order valence-electron chi connectivity index (χ0n) is 11.4. The van der Waals surface area contributed by atoms with Crippen molar-refractivity contribution in [1.29, 1.82) is 0 Å². The second-order valence-corrected chi connectivity index (χ2v) is 6.34. The van der Waals surface area contributed by atoms with Gasteiger partial charge in [0, 0.05) is 35.2 Å². The molecule has 1 heterocycles. The third kappa shape index (κ3) is 2.92. The van der Waals surface area contributed by atoms with E-state index in [0.717, 1.165) is 19.0 Å². The lowest BCUT2D eigenvalue weighted by atomic mass is 9.93. The fourth-order valence-electron chi connectivity index (χ4n) is 2.44. The van der Waals surface area contributed by atoms with Crippen LogP contribution in [0.15, 0.2) is 16.6 Å². The van der Waals surface area contributed by atoms with Gasteiger partial charge in [0.2, 0.25) is 0 Å². The number of hydrogen-bond acceptors (Lipinski definition) is 2. The molecule has 0 amide bonds. The Bertz CT molecular complexity index is 458. The van der Waals surface area contributed by atoms with Crippen LogP contribution in [0.3, 0.4) is 0 Å². The molecule has 1 fully saturated rings. The monoisotopic (exact) mass is 332 g/mol. The molecule has 0 aromatic heterocycles. The van der Waals surface area contributed by atoms with Crippen molar-refractivity contribution in [3.63, 3.8) is 0 Å².